The number of hydrogen-bond acceptors (Lipinski definition) is 2. The van der Waals surface area contributed by atoms with Crippen LogP contribution >= 0.6 is 0 Å². The Morgan fingerprint density at radius 1 is 1.32 bits per heavy atom. The fourth-order valence-electron chi connectivity index (χ4n) is 2.26. The molecule has 1 aromatic heterocycles. The maximum absolute atomic E-state index is 13.4. The first-order valence-corrected chi connectivity index (χ1v) is 6.52. The highest BCUT2D eigenvalue weighted by Gasteiger charge is 2.19. The Hall–Kier alpha value is -1.68. The van der Waals surface area contributed by atoms with E-state index >= 15 is 0 Å². The third-order valence-corrected chi connectivity index (χ3v) is 3.37. The molecule has 0 spiro atoms. The Bertz CT molecular complexity index is 560. The molecule has 3 nitrogen and oxygen atoms in total. The lowest BCUT2D eigenvalue weighted by Gasteiger charge is -2.15. The largest absolute Gasteiger partial charge is 0.329 e. The summed E-state index contributed by atoms with van der Waals surface area (Å²) in [6, 6.07) is 8.67. The van der Waals surface area contributed by atoms with Crippen LogP contribution in [-0.4, -0.2) is 16.3 Å². The van der Waals surface area contributed by atoms with Crippen LogP contribution in [0.3, 0.4) is 0 Å². The van der Waals surface area contributed by atoms with Gasteiger partial charge in [0.25, 0.3) is 0 Å². The zero-order valence-corrected chi connectivity index (χ0v) is 11.6. The molecule has 1 atom stereocenters. The summed E-state index contributed by atoms with van der Waals surface area (Å²) in [7, 11) is 1.91. The second-order valence-electron chi connectivity index (χ2n) is 5.12. The van der Waals surface area contributed by atoms with E-state index in [1.54, 1.807) is 12.1 Å². The number of hydrogen-bond donors (Lipinski definition) is 1. The van der Waals surface area contributed by atoms with Gasteiger partial charge < -0.3 is 5.73 Å². The molecule has 0 fully saturated rings. The highest BCUT2D eigenvalue weighted by molar-refractivity contribution is 5.31. The molecule has 2 rings (SSSR count). The highest BCUT2D eigenvalue weighted by atomic mass is 19.1. The molecule has 0 amide bonds. The Balaban J connectivity index is 2.42. The minimum Gasteiger partial charge on any atom is -0.329 e. The molecule has 0 aliphatic carbocycles. The number of aromatic nitrogens is 2. The second kappa shape index (κ2) is 5.53. The van der Waals surface area contributed by atoms with Gasteiger partial charge in [0.05, 0.1) is 5.69 Å². The van der Waals surface area contributed by atoms with Crippen LogP contribution in [0.5, 0.6) is 0 Å². The summed E-state index contributed by atoms with van der Waals surface area (Å²) in [4.78, 5) is 0. The molecule has 2 N–H and O–H groups in total. The summed E-state index contributed by atoms with van der Waals surface area (Å²) >= 11 is 0. The fourth-order valence-corrected chi connectivity index (χ4v) is 2.26. The lowest BCUT2D eigenvalue weighted by Crippen LogP contribution is -2.17. The molecule has 1 unspecified atom stereocenters. The molecule has 0 saturated heterocycles. The zero-order chi connectivity index (χ0) is 14.0. The first-order valence-electron chi connectivity index (χ1n) is 6.52. The maximum Gasteiger partial charge on any atom is 0.123 e. The first-order chi connectivity index (χ1) is 9.02. The van der Waals surface area contributed by atoms with Gasteiger partial charge in [0.15, 0.2) is 0 Å². The van der Waals surface area contributed by atoms with Crippen molar-refractivity contribution in [3.05, 3.63) is 53.1 Å². The van der Waals surface area contributed by atoms with E-state index in [4.69, 9.17) is 5.73 Å². The van der Waals surface area contributed by atoms with Gasteiger partial charge in [-0.2, -0.15) is 5.10 Å². The van der Waals surface area contributed by atoms with Crippen molar-refractivity contribution >= 4 is 0 Å². The summed E-state index contributed by atoms with van der Waals surface area (Å²) in [5.41, 5.74) is 8.83. The summed E-state index contributed by atoms with van der Waals surface area (Å²) in [5, 5.41) is 4.49. The Morgan fingerprint density at radius 2 is 2.05 bits per heavy atom. The maximum atomic E-state index is 13.4. The Labute approximate surface area is 113 Å². The highest BCUT2D eigenvalue weighted by Crippen LogP contribution is 2.26. The quantitative estimate of drug-likeness (QED) is 0.919. The monoisotopic (exact) mass is 261 g/mol. The van der Waals surface area contributed by atoms with E-state index in [9.17, 15) is 4.39 Å². The molecule has 0 aliphatic heterocycles. The van der Waals surface area contributed by atoms with Crippen molar-refractivity contribution < 1.29 is 4.39 Å². The van der Waals surface area contributed by atoms with Crippen molar-refractivity contribution in [2.75, 3.05) is 6.54 Å². The van der Waals surface area contributed by atoms with Gasteiger partial charge in [0.2, 0.25) is 0 Å². The van der Waals surface area contributed by atoms with Crippen molar-refractivity contribution in [2.24, 2.45) is 12.8 Å². The molecular formula is C15H20FN3. The van der Waals surface area contributed by atoms with Gasteiger partial charge >= 0.3 is 0 Å². The number of rotatable bonds is 4. The zero-order valence-electron chi connectivity index (χ0n) is 11.6. The summed E-state index contributed by atoms with van der Waals surface area (Å²) in [6.45, 7) is 4.64. The van der Waals surface area contributed by atoms with Gasteiger partial charge in [0.1, 0.15) is 5.82 Å². The summed E-state index contributed by atoms with van der Waals surface area (Å²) in [5.74, 6) is 0.105. The topological polar surface area (TPSA) is 43.8 Å². The SMILES string of the molecule is CC(C)c1cc(C(CN)c2cccc(F)c2)n(C)n1. The predicted octanol–water partition coefficient (Wildman–Crippen LogP) is 2.77. The van der Waals surface area contributed by atoms with Crippen LogP contribution in [-0.2, 0) is 7.05 Å². The summed E-state index contributed by atoms with van der Waals surface area (Å²) < 4.78 is 15.2. The smallest absolute Gasteiger partial charge is 0.123 e. The molecule has 2 aromatic rings. The van der Waals surface area contributed by atoms with E-state index in [1.165, 1.54) is 6.07 Å². The Morgan fingerprint density at radius 3 is 2.58 bits per heavy atom. The summed E-state index contributed by atoms with van der Waals surface area (Å²) in [6.07, 6.45) is 0. The van der Waals surface area contributed by atoms with E-state index in [1.807, 2.05) is 17.8 Å². The number of aryl methyl sites for hydroxylation is 1. The standard InChI is InChI=1S/C15H20FN3/c1-10(2)14-8-15(19(3)18-14)13(9-17)11-5-4-6-12(16)7-11/h4-8,10,13H,9,17H2,1-3H3. The first kappa shape index (κ1) is 13.7. The molecular weight excluding hydrogens is 241 g/mol. The van der Waals surface area contributed by atoms with Crippen LogP contribution in [0.25, 0.3) is 0 Å². The van der Waals surface area contributed by atoms with Gasteiger partial charge in [-0.3, -0.25) is 4.68 Å². The van der Waals surface area contributed by atoms with Crippen LogP contribution < -0.4 is 5.73 Å². The van der Waals surface area contributed by atoms with Gasteiger partial charge in [-0.05, 0) is 29.7 Å². The lowest BCUT2D eigenvalue weighted by atomic mass is 9.95. The van der Waals surface area contributed by atoms with Crippen LogP contribution in [0.4, 0.5) is 4.39 Å². The molecule has 1 aromatic carbocycles. The van der Waals surface area contributed by atoms with Crippen molar-refractivity contribution in [2.45, 2.75) is 25.7 Å². The van der Waals surface area contributed by atoms with Crippen molar-refractivity contribution in [3.8, 4) is 0 Å². The third kappa shape index (κ3) is 2.84. The van der Waals surface area contributed by atoms with Crippen molar-refractivity contribution in [1.29, 1.82) is 0 Å². The van der Waals surface area contributed by atoms with Gasteiger partial charge in [0, 0.05) is 25.2 Å². The Kier molecular flexibility index (Phi) is 4.00. The normalized spacial score (nSPS) is 12.9. The second-order valence-corrected chi connectivity index (χ2v) is 5.12. The van der Waals surface area contributed by atoms with Crippen molar-refractivity contribution in [3.63, 3.8) is 0 Å². The lowest BCUT2D eigenvalue weighted by molar-refractivity contribution is 0.616. The minimum absolute atomic E-state index is 0.0271. The van der Waals surface area contributed by atoms with E-state index in [-0.39, 0.29) is 11.7 Å². The minimum atomic E-state index is -0.234. The average Bonchev–Trinajstić information content (AvgIpc) is 2.73. The molecule has 102 valence electrons. The van der Waals surface area contributed by atoms with Crippen LogP contribution in [0.15, 0.2) is 30.3 Å². The van der Waals surface area contributed by atoms with Crippen molar-refractivity contribution in [1.82, 2.24) is 9.78 Å². The molecule has 0 radical (unpaired) electrons. The molecule has 0 aliphatic rings. The molecule has 1 heterocycles. The predicted molar refractivity (Wildman–Crippen MR) is 74.6 cm³/mol. The van der Waals surface area contributed by atoms with Crippen LogP contribution in [0, 0.1) is 5.82 Å². The van der Waals surface area contributed by atoms with Crippen LogP contribution in [0.1, 0.15) is 42.6 Å². The molecule has 4 heteroatoms. The average molecular weight is 261 g/mol. The fraction of sp³-hybridized carbons (Fsp3) is 0.400. The van der Waals surface area contributed by atoms with Gasteiger partial charge in [-0.15, -0.1) is 0 Å². The molecule has 0 bridgehead atoms. The van der Waals surface area contributed by atoms with Gasteiger partial charge in [-0.25, -0.2) is 4.39 Å². The number of nitrogens with zero attached hydrogens (tertiary/aromatic N) is 2. The van der Waals surface area contributed by atoms with E-state index in [2.05, 4.69) is 25.0 Å². The van der Waals surface area contributed by atoms with E-state index in [0.717, 1.165) is 17.0 Å². The third-order valence-electron chi connectivity index (χ3n) is 3.37. The van der Waals surface area contributed by atoms with E-state index in [0.29, 0.717) is 12.5 Å². The van der Waals surface area contributed by atoms with E-state index < -0.39 is 0 Å². The van der Waals surface area contributed by atoms with Crippen LogP contribution in [0.2, 0.25) is 0 Å². The number of benzene rings is 1. The molecule has 19 heavy (non-hydrogen) atoms. The van der Waals surface area contributed by atoms with Gasteiger partial charge in [-0.1, -0.05) is 26.0 Å². The number of halogens is 1. The number of nitrogens with two attached hydrogens (primary N) is 1. The molecule has 0 saturated carbocycles.